The van der Waals surface area contributed by atoms with Crippen LogP contribution in [0.15, 0.2) is 17.2 Å². The fourth-order valence-corrected chi connectivity index (χ4v) is 3.40. The number of carbonyl (C=O) groups is 1. The van der Waals surface area contributed by atoms with Crippen molar-refractivity contribution in [1.82, 2.24) is 19.4 Å². The van der Waals surface area contributed by atoms with Gasteiger partial charge in [-0.1, -0.05) is 11.6 Å². The van der Waals surface area contributed by atoms with E-state index in [2.05, 4.69) is 10.2 Å². The van der Waals surface area contributed by atoms with Crippen LogP contribution in [0.1, 0.15) is 20.8 Å². The molecule has 8 nitrogen and oxygen atoms in total. The van der Waals surface area contributed by atoms with E-state index in [1.807, 2.05) is 0 Å². The molecule has 1 aromatic rings. The molecule has 1 aliphatic heterocycles. The predicted molar refractivity (Wildman–Crippen MR) is 83.6 cm³/mol. The topological polar surface area (TPSA) is 92.7 Å². The number of carbonyl (C=O) groups excluding carboxylic acids is 1. The van der Waals surface area contributed by atoms with Crippen LogP contribution >= 0.6 is 11.6 Å². The van der Waals surface area contributed by atoms with Crippen molar-refractivity contribution < 1.29 is 17.9 Å². The Labute approximate surface area is 140 Å². The van der Waals surface area contributed by atoms with E-state index < -0.39 is 21.7 Å². The summed E-state index contributed by atoms with van der Waals surface area (Å²) in [4.78, 5) is 13.5. The quantitative estimate of drug-likeness (QED) is 0.788. The second kappa shape index (κ2) is 6.58. The van der Waals surface area contributed by atoms with E-state index in [0.29, 0.717) is 0 Å². The lowest BCUT2D eigenvalue weighted by Gasteiger charge is -2.34. The zero-order chi connectivity index (χ0) is 17.3. The van der Waals surface area contributed by atoms with Gasteiger partial charge in [0.25, 0.3) is 10.0 Å². The van der Waals surface area contributed by atoms with Gasteiger partial charge in [0.1, 0.15) is 5.60 Å². The molecule has 0 aromatic carbocycles. The third-order valence-electron chi connectivity index (χ3n) is 3.10. The first kappa shape index (κ1) is 17.9. The summed E-state index contributed by atoms with van der Waals surface area (Å²) in [5.41, 5.74) is -0.584. The van der Waals surface area contributed by atoms with Gasteiger partial charge >= 0.3 is 6.09 Å². The fourth-order valence-electron chi connectivity index (χ4n) is 2.01. The second-order valence-electron chi connectivity index (χ2n) is 6.07. The van der Waals surface area contributed by atoms with E-state index in [9.17, 15) is 13.2 Å². The van der Waals surface area contributed by atoms with Crippen LogP contribution in [0.3, 0.4) is 0 Å². The van der Waals surface area contributed by atoms with Crippen molar-refractivity contribution in [2.45, 2.75) is 31.4 Å². The van der Waals surface area contributed by atoms with Crippen LogP contribution in [0.2, 0.25) is 5.15 Å². The number of sulfonamides is 1. The smallest absolute Gasteiger partial charge is 0.410 e. The average molecular weight is 363 g/mol. The van der Waals surface area contributed by atoms with Gasteiger partial charge in [0.2, 0.25) is 0 Å². The highest BCUT2D eigenvalue weighted by Crippen LogP contribution is 2.17. The third kappa shape index (κ3) is 4.52. The van der Waals surface area contributed by atoms with Crippen LogP contribution in [0.25, 0.3) is 0 Å². The Hall–Kier alpha value is -1.45. The minimum Gasteiger partial charge on any atom is -0.444 e. The Balaban J connectivity index is 2.01. The maximum Gasteiger partial charge on any atom is 0.410 e. The minimum absolute atomic E-state index is 0.124. The second-order valence-corrected chi connectivity index (χ2v) is 8.34. The molecule has 2 rings (SSSR count). The molecule has 2 heterocycles. The van der Waals surface area contributed by atoms with Crippen LogP contribution < -0.4 is 0 Å². The van der Waals surface area contributed by atoms with Gasteiger partial charge < -0.3 is 9.64 Å². The number of hydrogen-bond acceptors (Lipinski definition) is 6. The molecule has 1 saturated heterocycles. The third-order valence-corrected chi connectivity index (χ3v) is 5.09. The maximum absolute atomic E-state index is 12.4. The van der Waals surface area contributed by atoms with Gasteiger partial charge in [0, 0.05) is 26.2 Å². The first-order valence-corrected chi connectivity index (χ1v) is 8.89. The summed E-state index contributed by atoms with van der Waals surface area (Å²) >= 11 is 5.61. The molecule has 10 heteroatoms. The SMILES string of the molecule is CC(C)(C)OC(=O)N1CCN(S(=O)(=O)c2ccc(Cl)nn2)CC1. The highest BCUT2D eigenvalue weighted by molar-refractivity contribution is 7.89. The molecule has 23 heavy (non-hydrogen) atoms. The van der Waals surface area contributed by atoms with Crippen molar-refractivity contribution in [2.24, 2.45) is 0 Å². The van der Waals surface area contributed by atoms with Crippen LogP contribution in [0.5, 0.6) is 0 Å². The molecule has 1 aromatic heterocycles. The van der Waals surface area contributed by atoms with Gasteiger partial charge in [-0.3, -0.25) is 0 Å². The Morgan fingerprint density at radius 3 is 2.26 bits per heavy atom. The molecule has 1 fully saturated rings. The Morgan fingerprint density at radius 2 is 1.78 bits per heavy atom. The summed E-state index contributed by atoms with van der Waals surface area (Å²) in [5, 5.41) is 7.12. The van der Waals surface area contributed by atoms with Gasteiger partial charge in [-0.15, -0.1) is 10.2 Å². The van der Waals surface area contributed by atoms with Crippen LogP contribution in [-0.2, 0) is 14.8 Å². The zero-order valence-electron chi connectivity index (χ0n) is 13.2. The van der Waals surface area contributed by atoms with Crippen LogP contribution in [-0.4, -0.2) is 65.7 Å². The van der Waals surface area contributed by atoms with Crippen LogP contribution in [0.4, 0.5) is 4.79 Å². The van der Waals surface area contributed by atoms with Gasteiger partial charge in [-0.25, -0.2) is 13.2 Å². The highest BCUT2D eigenvalue weighted by atomic mass is 35.5. The molecule has 0 aliphatic carbocycles. The number of hydrogen-bond donors (Lipinski definition) is 0. The number of halogens is 1. The van der Waals surface area contributed by atoms with E-state index >= 15 is 0 Å². The monoisotopic (exact) mass is 362 g/mol. The lowest BCUT2D eigenvalue weighted by atomic mass is 10.2. The number of aromatic nitrogens is 2. The number of ether oxygens (including phenoxy) is 1. The molecule has 0 atom stereocenters. The number of rotatable bonds is 2. The van der Waals surface area contributed by atoms with E-state index in [4.69, 9.17) is 16.3 Å². The molecule has 0 bridgehead atoms. The van der Waals surface area contributed by atoms with E-state index in [1.165, 1.54) is 21.3 Å². The summed E-state index contributed by atoms with van der Waals surface area (Å²) in [6.45, 7) is 6.21. The highest BCUT2D eigenvalue weighted by Gasteiger charge is 2.32. The van der Waals surface area contributed by atoms with E-state index in [1.54, 1.807) is 20.8 Å². The first-order valence-electron chi connectivity index (χ1n) is 7.07. The van der Waals surface area contributed by atoms with Gasteiger partial charge in [-0.05, 0) is 32.9 Å². The molecule has 0 spiro atoms. The van der Waals surface area contributed by atoms with Crippen molar-refractivity contribution in [3.63, 3.8) is 0 Å². The normalized spacial score (nSPS) is 17.1. The fraction of sp³-hybridized carbons (Fsp3) is 0.615. The average Bonchev–Trinajstić information content (AvgIpc) is 2.46. The number of amides is 1. The largest absolute Gasteiger partial charge is 0.444 e. The Morgan fingerprint density at radius 1 is 1.17 bits per heavy atom. The molecular weight excluding hydrogens is 344 g/mol. The molecule has 0 saturated carbocycles. The minimum atomic E-state index is -3.74. The predicted octanol–water partition coefficient (Wildman–Crippen LogP) is 1.37. The summed E-state index contributed by atoms with van der Waals surface area (Å²) in [7, 11) is -3.74. The molecule has 0 unspecified atom stereocenters. The number of piperazine rings is 1. The summed E-state index contributed by atoms with van der Waals surface area (Å²) in [5.74, 6) is 0. The molecule has 0 radical (unpaired) electrons. The maximum atomic E-state index is 12.4. The van der Waals surface area contributed by atoms with E-state index in [-0.39, 0.29) is 36.4 Å². The first-order chi connectivity index (χ1) is 10.6. The Bertz CT molecular complexity index is 664. The lowest BCUT2D eigenvalue weighted by Crippen LogP contribution is -2.51. The van der Waals surface area contributed by atoms with Gasteiger partial charge in [0.05, 0.1) is 0 Å². The Kier molecular flexibility index (Phi) is 5.12. The lowest BCUT2D eigenvalue weighted by molar-refractivity contribution is 0.0192. The van der Waals surface area contributed by atoms with Crippen molar-refractivity contribution >= 4 is 27.7 Å². The summed E-state index contributed by atoms with van der Waals surface area (Å²) in [6, 6.07) is 2.68. The zero-order valence-corrected chi connectivity index (χ0v) is 14.8. The molecular formula is C13H19ClN4O4S. The van der Waals surface area contributed by atoms with Crippen molar-refractivity contribution in [2.75, 3.05) is 26.2 Å². The van der Waals surface area contributed by atoms with Gasteiger partial charge in [-0.2, -0.15) is 4.31 Å². The van der Waals surface area contributed by atoms with E-state index in [0.717, 1.165) is 0 Å². The van der Waals surface area contributed by atoms with Crippen molar-refractivity contribution in [3.05, 3.63) is 17.3 Å². The van der Waals surface area contributed by atoms with Crippen molar-refractivity contribution in [1.29, 1.82) is 0 Å². The van der Waals surface area contributed by atoms with Crippen molar-refractivity contribution in [3.8, 4) is 0 Å². The van der Waals surface area contributed by atoms with Gasteiger partial charge in [0.15, 0.2) is 10.2 Å². The molecule has 0 N–H and O–H groups in total. The molecule has 1 aliphatic rings. The standard InChI is InChI=1S/C13H19ClN4O4S/c1-13(2,3)22-12(19)17-6-8-18(9-7-17)23(20,21)11-5-4-10(14)15-16-11/h4-5H,6-9H2,1-3H3. The molecule has 128 valence electrons. The van der Waals surface area contributed by atoms with Crippen LogP contribution in [0, 0.1) is 0 Å². The molecule has 1 amide bonds. The number of nitrogens with zero attached hydrogens (tertiary/aromatic N) is 4. The summed E-state index contributed by atoms with van der Waals surface area (Å²) in [6.07, 6.45) is -0.444. The summed E-state index contributed by atoms with van der Waals surface area (Å²) < 4.78 is 31.4.